The van der Waals surface area contributed by atoms with Crippen molar-refractivity contribution in [2.75, 3.05) is 0 Å². The molecular formula is C11H13ClN2O. The molecule has 80 valence electrons. The summed E-state index contributed by atoms with van der Waals surface area (Å²) in [7, 11) is 0. The molecule has 2 aliphatic heterocycles. The fourth-order valence-corrected chi connectivity index (χ4v) is 2.97. The van der Waals surface area contributed by atoms with E-state index >= 15 is 0 Å². The van der Waals surface area contributed by atoms with Gasteiger partial charge in [0.25, 0.3) is 0 Å². The molecule has 0 saturated carbocycles. The van der Waals surface area contributed by atoms with Gasteiger partial charge in [0.1, 0.15) is 5.15 Å². The van der Waals surface area contributed by atoms with Gasteiger partial charge in [0, 0.05) is 24.2 Å². The molecule has 0 unspecified atom stereocenters. The summed E-state index contributed by atoms with van der Waals surface area (Å²) in [4.78, 5) is 4.07. The van der Waals surface area contributed by atoms with Gasteiger partial charge in [0.15, 0.2) is 0 Å². The van der Waals surface area contributed by atoms with Gasteiger partial charge in [0.2, 0.25) is 0 Å². The van der Waals surface area contributed by atoms with E-state index in [0.29, 0.717) is 11.2 Å². The van der Waals surface area contributed by atoms with E-state index in [2.05, 4.69) is 10.3 Å². The van der Waals surface area contributed by atoms with Gasteiger partial charge in [0.05, 0.1) is 6.10 Å². The van der Waals surface area contributed by atoms with E-state index in [4.69, 9.17) is 11.6 Å². The zero-order valence-corrected chi connectivity index (χ0v) is 8.98. The largest absolute Gasteiger partial charge is 0.391 e. The molecule has 15 heavy (non-hydrogen) atoms. The molecular weight excluding hydrogens is 212 g/mol. The summed E-state index contributed by atoms with van der Waals surface area (Å²) in [6, 6.07) is 4.44. The highest BCUT2D eigenvalue weighted by atomic mass is 35.5. The quantitative estimate of drug-likeness (QED) is 0.708. The van der Waals surface area contributed by atoms with Crippen LogP contribution in [0.1, 0.15) is 24.3 Å². The summed E-state index contributed by atoms with van der Waals surface area (Å²) in [6.07, 6.45) is 3.74. The number of aliphatic hydroxyl groups is 1. The number of aliphatic hydroxyl groups excluding tert-OH is 1. The van der Waals surface area contributed by atoms with E-state index in [-0.39, 0.29) is 18.1 Å². The van der Waals surface area contributed by atoms with Gasteiger partial charge in [-0.2, -0.15) is 0 Å². The Hall–Kier alpha value is -0.640. The first kappa shape index (κ1) is 9.58. The predicted octanol–water partition coefficient (Wildman–Crippen LogP) is 1.31. The summed E-state index contributed by atoms with van der Waals surface area (Å²) >= 11 is 5.74. The highest BCUT2D eigenvalue weighted by Gasteiger charge is 2.47. The normalized spacial score (nSPS) is 38.5. The molecule has 2 saturated heterocycles. The molecule has 2 fully saturated rings. The molecule has 0 spiro atoms. The topological polar surface area (TPSA) is 45.2 Å². The summed E-state index contributed by atoms with van der Waals surface area (Å²) in [6.45, 7) is 0. The maximum atomic E-state index is 10.1. The first-order valence-corrected chi connectivity index (χ1v) is 5.69. The van der Waals surface area contributed by atoms with Gasteiger partial charge >= 0.3 is 0 Å². The lowest BCUT2D eigenvalue weighted by atomic mass is 9.82. The van der Waals surface area contributed by atoms with Crippen LogP contribution >= 0.6 is 11.6 Å². The van der Waals surface area contributed by atoms with Crippen LogP contribution in [0.2, 0.25) is 5.15 Å². The Morgan fingerprint density at radius 3 is 2.73 bits per heavy atom. The number of pyridine rings is 1. The molecule has 0 aliphatic carbocycles. The van der Waals surface area contributed by atoms with Gasteiger partial charge < -0.3 is 10.4 Å². The molecule has 2 N–H and O–H groups in total. The second kappa shape index (κ2) is 3.44. The van der Waals surface area contributed by atoms with Crippen molar-refractivity contribution >= 4 is 11.6 Å². The van der Waals surface area contributed by atoms with E-state index in [1.165, 1.54) is 0 Å². The summed E-state index contributed by atoms with van der Waals surface area (Å²) < 4.78 is 0. The standard InChI is InChI=1S/C11H13ClN2O/c12-9-4-1-6(5-13-9)10-7-2-3-8(14-7)11(10)15/h1,4-5,7-8,10-11,14-15H,2-3H2/t7-,8+,10-,11+/m1/s1. The Labute approximate surface area is 93.5 Å². The fourth-order valence-electron chi connectivity index (χ4n) is 2.86. The third kappa shape index (κ3) is 1.46. The number of fused-ring (bicyclic) bond motifs is 2. The summed E-state index contributed by atoms with van der Waals surface area (Å²) in [5, 5.41) is 14.0. The van der Waals surface area contributed by atoms with E-state index in [1.807, 2.05) is 6.07 Å². The monoisotopic (exact) mass is 224 g/mol. The number of rotatable bonds is 1. The zero-order valence-electron chi connectivity index (χ0n) is 8.23. The lowest BCUT2D eigenvalue weighted by molar-refractivity contribution is 0.125. The molecule has 0 amide bonds. The van der Waals surface area contributed by atoms with Crippen molar-refractivity contribution in [2.24, 2.45) is 0 Å². The number of hydrogen-bond donors (Lipinski definition) is 2. The molecule has 4 atom stereocenters. The number of aromatic nitrogens is 1. The Morgan fingerprint density at radius 1 is 1.33 bits per heavy atom. The van der Waals surface area contributed by atoms with Crippen LogP contribution in [0, 0.1) is 0 Å². The number of halogens is 1. The number of hydrogen-bond acceptors (Lipinski definition) is 3. The van der Waals surface area contributed by atoms with E-state index in [1.54, 1.807) is 12.3 Å². The fraction of sp³-hybridized carbons (Fsp3) is 0.545. The van der Waals surface area contributed by atoms with Crippen molar-refractivity contribution in [1.82, 2.24) is 10.3 Å². The predicted molar refractivity (Wildman–Crippen MR) is 57.9 cm³/mol. The van der Waals surface area contributed by atoms with Crippen molar-refractivity contribution in [1.29, 1.82) is 0 Å². The molecule has 1 aromatic rings. The van der Waals surface area contributed by atoms with Crippen LogP contribution in [-0.2, 0) is 0 Å². The molecule has 3 heterocycles. The van der Waals surface area contributed by atoms with E-state index < -0.39 is 0 Å². The summed E-state index contributed by atoms with van der Waals surface area (Å²) in [5.41, 5.74) is 1.09. The van der Waals surface area contributed by atoms with Gasteiger partial charge in [-0.3, -0.25) is 0 Å². The van der Waals surface area contributed by atoms with Gasteiger partial charge in [-0.15, -0.1) is 0 Å². The Morgan fingerprint density at radius 2 is 2.13 bits per heavy atom. The number of nitrogens with one attached hydrogen (secondary N) is 1. The smallest absolute Gasteiger partial charge is 0.129 e. The maximum absolute atomic E-state index is 10.1. The lowest BCUT2D eigenvalue weighted by Gasteiger charge is -2.25. The van der Waals surface area contributed by atoms with Gasteiger partial charge in [-0.05, 0) is 24.5 Å². The average Bonchev–Trinajstić information content (AvgIpc) is 2.80. The van der Waals surface area contributed by atoms with E-state index in [9.17, 15) is 5.11 Å². The van der Waals surface area contributed by atoms with Crippen LogP contribution in [-0.4, -0.2) is 28.3 Å². The Balaban J connectivity index is 1.91. The first-order valence-electron chi connectivity index (χ1n) is 5.31. The molecule has 1 aromatic heterocycles. The molecule has 3 rings (SSSR count). The lowest BCUT2D eigenvalue weighted by Crippen LogP contribution is -2.30. The van der Waals surface area contributed by atoms with E-state index in [0.717, 1.165) is 18.4 Å². The average molecular weight is 225 g/mol. The SMILES string of the molecule is O[C@@H]1[C@H](c2ccc(Cl)nc2)[C@H]2CC[C@@H]1N2. The van der Waals surface area contributed by atoms with Crippen molar-refractivity contribution in [3.63, 3.8) is 0 Å². The molecule has 0 radical (unpaired) electrons. The minimum atomic E-state index is -0.272. The third-order valence-electron chi connectivity index (χ3n) is 3.57. The van der Waals surface area contributed by atoms with Gasteiger partial charge in [-0.25, -0.2) is 4.98 Å². The van der Waals surface area contributed by atoms with Crippen LogP contribution in [0.15, 0.2) is 18.3 Å². The maximum Gasteiger partial charge on any atom is 0.129 e. The van der Waals surface area contributed by atoms with Crippen LogP contribution in [0.25, 0.3) is 0 Å². The van der Waals surface area contributed by atoms with Crippen LogP contribution < -0.4 is 5.32 Å². The molecule has 3 nitrogen and oxygen atoms in total. The van der Waals surface area contributed by atoms with Crippen molar-refractivity contribution < 1.29 is 5.11 Å². The minimum absolute atomic E-state index is 0.188. The van der Waals surface area contributed by atoms with Crippen molar-refractivity contribution in [3.8, 4) is 0 Å². The second-order valence-electron chi connectivity index (χ2n) is 4.39. The second-order valence-corrected chi connectivity index (χ2v) is 4.77. The van der Waals surface area contributed by atoms with Crippen LogP contribution in [0.5, 0.6) is 0 Å². The highest BCUT2D eigenvalue weighted by Crippen LogP contribution is 2.40. The Kier molecular flexibility index (Phi) is 2.20. The minimum Gasteiger partial charge on any atom is -0.391 e. The van der Waals surface area contributed by atoms with Crippen LogP contribution in [0.4, 0.5) is 0 Å². The molecule has 2 bridgehead atoms. The Bertz CT molecular complexity index is 365. The molecule has 0 aromatic carbocycles. The molecule has 2 aliphatic rings. The summed E-state index contributed by atoms with van der Waals surface area (Å²) in [5.74, 6) is 0.188. The number of nitrogens with zero attached hydrogens (tertiary/aromatic N) is 1. The van der Waals surface area contributed by atoms with Crippen LogP contribution in [0.3, 0.4) is 0 Å². The first-order chi connectivity index (χ1) is 7.25. The van der Waals surface area contributed by atoms with Crippen molar-refractivity contribution in [3.05, 3.63) is 29.0 Å². The zero-order chi connectivity index (χ0) is 10.4. The third-order valence-corrected chi connectivity index (χ3v) is 3.79. The molecule has 4 heteroatoms. The van der Waals surface area contributed by atoms with Crippen molar-refractivity contribution in [2.45, 2.75) is 36.9 Å². The van der Waals surface area contributed by atoms with Gasteiger partial charge in [-0.1, -0.05) is 17.7 Å². The highest BCUT2D eigenvalue weighted by molar-refractivity contribution is 6.29.